The third-order valence-electron chi connectivity index (χ3n) is 3.65. The number of rotatable bonds is 1. The third kappa shape index (κ3) is 1.84. The van der Waals surface area contributed by atoms with Crippen molar-refractivity contribution in [3.05, 3.63) is 71.2 Å². The second-order valence-electron chi connectivity index (χ2n) is 4.95. The fourth-order valence-electron chi connectivity index (χ4n) is 2.65. The molecule has 0 amide bonds. The molecular formula is C18H12BrN. The lowest BCUT2D eigenvalue weighted by atomic mass is 10.1. The van der Waals surface area contributed by atoms with Gasteiger partial charge in [0.25, 0.3) is 0 Å². The van der Waals surface area contributed by atoms with Crippen molar-refractivity contribution in [2.75, 3.05) is 0 Å². The summed E-state index contributed by atoms with van der Waals surface area (Å²) in [5.74, 6) is 0. The molecule has 0 unspecified atom stereocenters. The quantitative estimate of drug-likeness (QED) is 0.459. The summed E-state index contributed by atoms with van der Waals surface area (Å²) < 4.78 is 1.11. The minimum Gasteiger partial charge on any atom is -0.354 e. The van der Waals surface area contributed by atoms with Gasteiger partial charge >= 0.3 is 0 Å². The van der Waals surface area contributed by atoms with Crippen LogP contribution in [0.15, 0.2) is 71.2 Å². The van der Waals surface area contributed by atoms with E-state index in [2.05, 4.69) is 81.6 Å². The van der Waals surface area contributed by atoms with Gasteiger partial charge in [-0.1, -0.05) is 58.4 Å². The highest BCUT2D eigenvalue weighted by atomic mass is 79.9. The summed E-state index contributed by atoms with van der Waals surface area (Å²) in [7, 11) is 0. The summed E-state index contributed by atoms with van der Waals surface area (Å²) in [5.41, 5.74) is 3.50. The van der Waals surface area contributed by atoms with Gasteiger partial charge in [0.2, 0.25) is 0 Å². The van der Waals surface area contributed by atoms with Gasteiger partial charge < -0.3 is 4.98 Å². The van der Waals surface area contributed by atoms with Crippen LogP contribution in [-0.2, 0) is 0 Å². The van der Waals surface area contributed by atoms with Crippen molar-refractivity contribution in [3.8, 4) is 11.3 Å². The summed E-state index contributed by atoms with van der Waals surface area (Å²) >= 11 is 3.61. The number of benzene rings is 3. The van der Waals surface area contributed by atoms with Gasteiger partial charge in [0, 0.05) is 26.6 Å². The SMILES string of the molecule is Brc1ccccc1-c1cc2cc3ccccc3cc2[nH]1. The van der Waals surface area contributed by atoms with Crippen molar-refractivity contribution in [2.45, 2.75) is 0 Å². The predicted octanol–water partition coefficient (Wildman–Crippen LogP) is 5.75. The number of halogens is 1. The molecule has 0 atom stereocenters. The van der Waals surface area contributed by atoms with E-state index in [0.717, 1.165) is 10.2 Å². The molecule has 1 aromatic heterocycles. The monoisotopic (exact) mass is 321 g/mol. The zero-order valence-electron chi connectivity index (χ0n) is 10.7. The summed E-state index contributed by atoms with van der Waals surface area (Å²) in [5, 5.41) is 3.78. The van der Waals surface area contributed by atoms with Gasteiger partial charge in [-0.05, 0) is 35.0 Å². The number of hydrogen-bond donors (Lipinski definition) is 1. The van der Waals surface area contributed by atoms with Crippen LogP contribution < -0.4 is 0 Å². The first-order valence-electron chi connectivity index (χ1n) is 6.58. The van der Waals surface area contributed by atoms with Gasteiger partial charge in [0.1, 0.15) is 0 Å². The van der Waals surface area contributed by atoms with Crippen LogP contribution in [0.1, 0.15) is 0 Å². The molecule has 0 bridgehead atoms. The fraction of sp³-hybridized carbons (Fsp3) is 0. The summed E-state index contributed by atoms with van der Waals surface area (Å²) in [6.07, 6.45) is 0. The predicted molar refractivity (Wildman–Crippen MR) is 88.9 cm³/mol. The van der Waals surface area contributed by atoms with E-state index >= 15 is 0 Å². The van der Waals surface area contributed by atoms with E-state index < -0.39 is 0 Å². The van der Waals surface area contributed by atoms with E-state index in [9.17, 15) is 0 Å². The van der Waals surface area contributed by atoms with Crippen molar-refractivity contribution in [1.82, 2.24) is 4.98 Å². The maximum atomic E-state index is 3.61. The van der Waals surface area contributed by atoms with E-state index in [0.29, 0.717) is 0 Å². The Labute approximate surface area is 125 Å². The zero-order chi connectivity index (χ0) is 13.5. The molecule has 1 heterocycles. The Morgan fingerprint density at radius 2 is 1.40 bits per heavy atom. The molecule has 0 aliphatic rings. The van der Waals surface area contributed by atoms with Crippen LogP contribution in [0.3, 0.4) is 0 Å². The van der Waals surface area contributed by atoms with Crippen LogP contribution in [0.5, 0.6) is 0 Å². The number of hydrogen-bond acceptors (Lipinski definition) is 0. The molecule has 20 heavy (non-hydrogen) atoms. The number of fused-ring (bicyclic) bond motifs is 2. The average molecular weight is 322 g/mol. The molecule has 0 saturated carbocycles. The molecular weight excluding hydrogens is 310 g/mol. The molecule has 1 N–H and O–H groups in total. The highest BCUT2D eigenvalue weighted by molar-refractivity contribution is 9.10. The van der Waals surface area contributed by atoms with Crippen molar-refractivity contribution >= 4 is 37.6 Å². The lowest BCUT2D eigenvalue weighted by molar-refractivity contribution is 1.44. The van der Waals surface area contributed by atoms with Gasteiger partial charge in [0.15, 0.2) is 0 Å². The molecule has 1 nitrogen and oxygen atoms in total. The molecule has 0 aliphatic carbocycles. The highest BCUT2D eigenvalue weighted by Gasteiger charge is 2.07. The number of nitrogens with one attached hydrogen (secondary N) is 1. The van der Waals surface area contributed by atoms with Crippen molar-refractivity contribution in [2.24, 2.45) is 0 Å². The Kier molecular flexibility index (Phi) is 2.64. The van der Waals surface area contributed by atoms with Gasteiger partial charge in [-0.15, -0.1) is 0 Å². The number of aromatic nitrogens is 1. The topological polar surface area (TPSA) is 15.8 Å². The molecule has 96 valence electrons. The van der Waals surface area contributed by atoms with Crippen molar-refractivity contribution < 1.29 is 0 Å². The van der Waals surface area contributed by atoms with Crippen LogP contribution >= 0.6 is 15.9 Å². The van der Waals surface area contributed by atoms with Crippen LogP contribution in [0, 0.1) is 0 Å². The van der Waals surface area contributed by atoms with Crippen LogP contribution in [0.4, 0.5) is 0 Å². The van der Waals surface area contributed by atoms with E-state index in [-0.39, 0.29) is 0 Å². The van der Waals surface area contributed by atoms with Crippen LogP contribution in [0.25, 0.3) is 32.9 Å². The van der Waals surface area contributed by atoms with E-state index in [4.69, 9.17) is 0 Å². The normalized spacial score (nSPS) is 11.2. The lowest BCUT2D eigenvalue weighted by Crippen LogP contribution is -1.78. The first-order chi connectivity index (χ1) is 9.81. The first-order valence-corrected chi connectivity index (χ1v) is 7.37. The molecule has 4 rings (SSSR count). The Hall–Kier alpha value is -2.06. The smallest absolute Gasteiger partial charge is 0.0476 e. The minimum absolute atomic E-state index is 1.11. The molecule has 0 saturated heterocycles. The Morgan fingerprint density at radius 1 is 0.700 bits per heavy atom. The Bertz CT molecular complexity index is 868. The van der Waals surface area contributed by atoms with Gasteiger partial charge in [0.05, 0.1) is 0 Å². The first kappa shape index (κ1) is 11.7. The molecule has 0 fully saturated rings. The van der Waals surface area contributed by atoms with E-state index in [1.165, 1.54) is 27.2 Å². The highest BCUT2D eigenvalue weighted by Crippen LogP contribution is 2.31. The van der Waals surface area contributed by atoms with Gasteiger partial charge in [-0.3, -0.25) is 0 Å². The van der Waals surface area contributed by atoms with Gasteiger partial charge in [-0.2, -0.15) is 0 Å². The Balaban J connectivity index is 1.99. The van der Waals surface area contributed by atoms with Gasteiger partial charge in [-0.25, -0.2) is 0 Å². The zero-order valence-corrected chi connectivity index (χ0v) is 12.3. The van der Waals surface area contributed by atoms with Crippen molar-refractivity contribution in [1.29, 1.82) is 0 Å². The summed E-state index contributed by atoms with van der Waals surface area (Å²) in [6.45, 7) is 0. The van der Waals surface area contributed by atoms with Crippen LogP contribution in [-0.4, -0.2) is 4.98 Å². The molecule has 0 spiro atoms. The average Bonchev–Trinajstić information content (AvgIpc) is 2.87. The standard InChI is InChI=1S/C18H12BrN/c19-16-8-4-3-7-15(16)18-11-14-9-12-5-1-2-6-13(12)10-17(14)20-18/h1-11,20H. The summed E-state index contributed by atoms with van der Waals surface area (Å²) in [4.78, 5) is 3.51. The molecule has 4 aromatic rings. The maximum absolute atomic E-state index is 3.61. The fourth-order valence-corrected chi connectivity index (χ4v) is 3.15. The largest absolute Gasteiger partial charge is 0.354 e. The maximum Gasteiger partial charge on any atom is 0.0476 e. The number of H-pyrrole nitrogens is 1. The second kappa shape index (κ2) is 4.50. The van der Waals surface area contributed by atoms with E-state index in [1.807, 2.05) is 6.07 Å². The molecule has 3 aromatic carbocycles. The number of aromatic amines is 1. The third-order valence-corrected chi connectivity index (χ3v) is 4.34. The minimum atomic E-state index is 1.11. The Morgan fingerprint density at radius 3 is 2.20 bits per heavy atom. The van der Waals surface area contributed by atoms with E-state index in [1.54, 1.807) is 0 Å². The lowest BCUT2D eigenvalue weighted by Gasteiger charge is -2.00. The molecule has 0 aliphatic heterocycles. The molecule has 0 radical (unpaired) electrons. The van der Waals surface area contributed by atoms with Crippen molar-refractivity contribution in [3.63, 3.8) is 0 Å². The summed E-state index contributed by atoms with van der Waals surface area (Å²) in [6, 6.07) is 23.4. The molecule has 2 heteroatoms. The van der Waals surface area contributed by atoms with Crippen LogP contribution in [0.2, 0.25) is 0 Å². The second-order valence-corrected chi connectivity index (χ2v) is 5.80.